The molecule has 11 atom stereocenters. The maximum atomic E-state index is 13.2. The number of rotatable bonds is 5. The number of allylic oxidation sites excluding steroid dienone is 1. The first-order valence-electron chi connectivity index (χ1n) is 13.5. The summed E-state index contributed by atoms with van der Waals surface area (Å²) < 4.78 is 0. The Morgan fingerprint density at radius 3 is 2.56 bits per heavy atom. The highest BCUT2D eigenvalue weighted by Crippen LogP contribution is 2.68. The Hall–Kier alpha value is -0.960. The van der Waals surface area contributed by atoms with E-state index >= 15 is 0 Å². The van der Waals surface area contributed by atoms with E-state index in [0.717, 1.165) is 56.4 Å². The average molecular weight is 441 g/mol. The smallest absolute Gasteiger partial charge is 0.158 e. The van der Waals surface area contributed by atoms with Crippen molar-refractivity contribution in [2.24, 2.45) is 58.2 Å². The van der Waals surface area contributed by atoms with Crippen molar-refractivity contribution in [2.45, 2.75) is 98.0 Å². The van der Waals surface area contributed by atoms with Crippen LogP contribution in [0.2, 0.25) is 0 Å². The molecule has 0 spiro atoms. The van der Waals surface area contributed by atoms with Gasteiger partial charge in [-0.2, -0.15) is 0 Å². The summed E-state index contributed by atoms with van der Waals surface area (Å²) in [5.74, 6) is 4.85. The van der Waals surface area contributed by atoms with E-state index in [2.05, 4.69) is 34.3 Å². The van der Waals surface area contributed by atoms with Crippen molar-refractivity contribution in [3.8, 4) is 0 Å². The lowest BCUT2D eigenvalue weighted by molar-refractivity contribution is -0.164. The quantitative estimate of drug-likeness (QED) is 0.534. The Bertz CT molecular complexity index is 815. The van der Waals surface area contributed by atoms with Crippen molar-refractivity contribution >= 4 is 11.6 Å². The van der Waals surface area contributed by atoms with Crippen molar-refractivity contribution in [2.75, 3.05) is 0 Å². The molecule has 3 nitrogen and oxygen atoms in total. The molecule has 0 heterocycles. The van der Waals surface area contributed by atoms with E-state index in [9.17, 15) is 14.7 Å². The second-order valence-electron chi connectivity index (χ2n) is 13.2. The third-order valence-electron chi connectivity index (χ3n) is 11.8. The van der Waals surface area contributed by atoms with Crippen LogP contribution in [0.25, 0.3) is 0 Å². The van der Waals surface area contributed by atoms with Gasteiger partial charge in [0.25, 0.3) is 0 Å². The van der Waals surface area contributed by atoms with E-state index in [1.165, 1.54) is 12.8 Å². The topological polar surface area (TPSA) is 54.4 Å². The fourth-order valence-electron chi connectivity index (χ4n) is 9.49. The number of hydrogen-bond acceptors (Lipinski definition) is 3. The normalized spacial score (nSPS) is 50.7. The molecule has 178 valence electrons. The molecule has 5 aliphatic carbocycles. The maximum absolute atomic E-state index is 13.2. The van der Waals surface area contributed by atoms with E-state index < -0.39 is 0 Å². The Balaban J connectivity index is 1.34. The van der Waals surface area contributed by atoms with Gasteiger partial charge < -0.3 is 5.11 Å². The molecule has 0 amide bonds. The molecule has 3 unspecified atom stereocenters. The predicted molar refractivity (Wildman–Crippen MR) is 127 cm³/mol. The second kappa shape index (κ2) is 7.79. The highest BCUT2D eigenvalue weighted by atomic mass is 16.3. The first-order chi connectivity index (χ1) is 15.1. The van der Waals surface area contributed by atoms with Crippen molar-refractivity contribution in [1.82, 2.24) is 0 Å². The summed E-state index contributed by atoms with van der Waals surface area (Å²) in [5.41, 5.74) is 0.772. The molecule has 0 bridgehead atoms. The van der Waals surface area contributed by atoms with Crippen molar-refractivity contribution < 1.29 is 14.7 Å². The van der Waals surface area contributed by atoms with Gasteiger partial charge in [0.1, 0.15) is 5.78 Å². The molecule has 0 radical (unpaired) electrons. The van der Waals surface area contributed by atoms with E-state index in [1.807, 2.05) is 0 Å². The third-order valence-corrected chi connectivity index (χ3v) is 11.8. The summed E-state index contributed by atoms with van der Waals surface area (Å²) in [7, 11) is 0. The lowest BCUT2D eigenvalue weighted by Crippen LogP contribution is -2.58. The van der Waals surface area contributed by atoms with E-state index in [0.29, 0.717) is 47.7 Å². The molecule has 5 rings (SSSR count). The van der Waals surface area contributed by atoms with Crippen LogP contribution in [-0.4, -0.2) is 22.8 Å². The molecule has 5 fully saturated rings. The van der Waals surface area contributed by atoms with Crippen LogP contribution in [0.15, 0.2) is 12.2 Å². The van der Waals surface area contributed by atoms with Crippen molar-refractivity contribution in [3.63, 3.8) is 0 Å². The van der Waals surface area contributed by atoms with Crippen molar-refractivity contribution in [1.29, 1.82) is 0 Å². The van der Waals surface area contributed by atoms with Gasteiger partial charge >= 0.3 is 0 Å². The second-order valence-corrected chi connectivity index (χ2v) is 13.2. The molecule has 0 aromatic carbocycles. The fraction of sp³-hybridized carbons (Fsp3) is 0.862. The van der Waals surface area contributed by atoms with Gasteiger partial charge in [-0.25, -0.2) is 0 Å². The molecular formula is C29H44O3. The van der Waals surface area contributed by atoms with Gasteiger partial charge in [0.2, 0.25) is 0 Å². The summed E-state index contributed by atoms with van der Waals surface area (Å²) in [6, 6.07) is 0. The lowest BCUT2D eigenvalue weighted by Gasteiger charge is -2.61. The Morgan fingerprint density at radius 2 is 1.88 bits per heavy atom. The van der Waals surface area contributed by atoms with Crippen LogP contribution in [0.3, 0.4) is 0 Å². The summed E-state index contributed by atoms with van der Waals surface area (Å²) in [4.78, 5) is 25.4. The summed E-state index contributed by atoms with van der Waals surface area (Å²) in [6.07, 6.45) is 9.29. The van der Waals surface area contributed by atoms with Gasteiger partial charge in [0.05, 0.1) is 6.10 Å². The molecule has 0 aromatic heterocycles. The molecule has 3 heteroatoms. The zero-order valence-corrected chi connectivity index (χ0v) is 20.7. The van der Waals surface area contributed by atoms with Crippen LogP contribution in [0.1, 0.15) is 91.9 Å². The number of aliphatic hydroxyl groups excluding tert-OH is 1. The first-order valence-corrected chi connectivity index (χ1v) is 13.5. The fourth-order valence-corrected chi connectivity index (χ4v) is 9.49. The predicted octanol–water partition coefficient (Wildman–Crippen LogP) is 5.99. The molecule has 1 N–H and O–H groups in total. The lowest BCUT2D eigenvalue weighted by atomic mass is 9.44. The van der Waals surface area contributed by atoms with E-state index in [-0.39, 0.29) is 28.6 Å². The molecule has 32 heavy (non-hydrogen) atoms. The number of ketones is 2. The molecule has 5 saturated carbocycles. The number of aliphatic hydroxyl groups is 1. The highest BCUT2D eigenvalue weighted by molar-refractivity contribution is 5.95. The van der Waals surface area contributed by atoms with Gasteiger partial charge in [-0.3, -0.25) is 9.59 Å². The van der Waals surface area contributed by atoms with Crippen LogP contribution in [0.5, 0.6) is 0 Å². The summed E-state index contributed by atoms with van der Waals surface area (Å²) >= 11 is 0. The van der Waals surface area contributed by atoms with E-state index in [1.54, 1.807) is 0 Å². The van der Waals surface area contributed by atoms with Crippen LogP contribution in [0.4, 0.5) is 0 Å². The first kappa shape index (κ1) is 22.8. The van der Waals surface area contributed by atoms with Gasteiger partial charge in [0.15, 0.2) is 5.78 Å². The monoisotopic (exact) mass is 440 g/mol. The Morgan fingerprint density at radius 1 is 1.16 bits per heavy atom. The Labute approximate surface area is 194 Å². The summed E-state index contributed by atoms with van der Waals surface area (Å²) in [5, 5.41) is 11.6. The van der Waals surface area contributed by atoms with Gasteiger partial charge in [0, 0.05) is 24.7 Å². The minimum absolute atomic E-state index is 0.123. The van der Waals surface area contributed by atoms with Gasteiger partial charge in [-0.05, 0) is 103 Å². The summed E-state index contributed by atoms with van der Waals surface area (Å²) in [6.45, 7) is 13.6. The highest BCUT2D eigenvalue weighted by Gasteiger charge is 2.63. The molecular weight excluding hydrogens is 396 g/mol. The number of carbonyl (C=O) groups excluding carboxylic acids is 2. The largest absolute Gasteiger partial charge is 0.393 e. The number of carbonyl (C=O) groups is 2. The van der Waals surface area contributed by atoms with Crippen LogP contribution < -0.4 is 0 Å². The SMILES string of the molecule is C=C(C(=O)CC(C)C1CC1C)[C@H]1CC[C@H]2[C@@H]3CC[C@H]4CC(=O)CC[C@]4(C)[C@H]3C[C@@H](O)[C@]12C. The molecule has 0 aromatic rings. The van der Waals surface area contributed by atoms with E-state index in [4.69, 9.17) is 0 Å². The number of Topliss-reactive ketones (excluding diaryl/α,β-unsaturated/α-hetero) is 2. The zero-order chi connectivity index (χ0) is 23.0. The molecule has 0 aliphatic heterocycles. The number of hydrogen-bond donors (Lipinski definition) is 1. The number of fused-ring (bicyclic) bond motifs is 5. The zero-order valence-electron chi connectivity index (χ0n) is 20.7. The third kappa shape index (κ3) is 3.31. The standard InChI is InChI=1S/C29H44O3/c1-16-12-22(16)17(2)13-26(31)18(3)23-8-9-24-21-7-6-19-14-20(30)10-11-28(19,4)25(21)15-27(32)29(23,24)5/h16-17,19,21-25,27,32H,3,6-15H2,1-2,4-5H3/t16?,17?,19-,21-,22?,23+,24-,25-,27+,28-,29+/m0/s1. The van der Waals surface area contributed by atoms with Crippen LogP contribution >= 0.6 is 0 Å². The average Bonchev–Trinajstić information content (AvgIpc) is 3.37. The molecule has 0 saturated heterocycles. The minimum Gasteiger partial charge on any atom is -0.393 e. The minimum atomic E-state index is -0.375. The van der Waals surface area contributed by atoms with Crippen LogP contribution in [-0.2, 0) is 9.59 Å². The molecule has 5 aliphatic rings. The maximum Gasteiger partial charge on any atom is 0.158 e. The van der Waals surface area contributed by atoms with Crippen molar-refractivity contribution in [3.05, 3.63) is 12.2 Å². The van der Waals surface area contributed by atoms with Gasteiger partial charge in [-0.15, -0.1) is 0 Å². The van der Waals surface area contributed by atoms with Gasteiger partial charge in [-0.1, -0.05) is 34.3 Å². The van der Waals surface area contributed by atoms with Crippen LogP contribution in [0, 0.1) is 58.2 Å². The Kier molecular flexibility index (Phi) is 5.55.